The first kappa shape index (κ1) is 13.0. The van der Waals surface area contributed by atoms with Crippen LogP contribution in [0.5, 0.6) is 0 Å². The molecule has 0 bridgehead atoms. The second kappa shape index (κ2) is 5.53. The number of hydrogen-bond donors (Lipinski definition) is 0. The van der Waals surface area contributed by atoms with E-state index < -0.39 is 0 Å². The molecule has 0 aliphatic carbocycles. The number of carbonyl (C=O) groups excluding carboxylic acids is 1. The third-order valence-electron chi connectivity index (χ3n) is 3.99. The van der Waals surface area contributed by atoms with Gasteiger partial charge in [-0.15, -0.1) is 0 Å². The highest BCUT2D eigenvalue weighted by molar-refractivity contribution is 5.93. The lowest BCUT2D eigenvalue weighted by molar-refractivity contribution is 0.0706. The summed E-state index contributed by atoms with van der Waals surface area (Å²) in [7, 11) is 0. The number of hydrogen-bond acceptors (Lipinski definition) is 2. The van der Waals surface area contributed by atoms with Crippen LogP contribution in [0.15, 0.2) is 47.3 Å². The number of piperidine rings is 1. The maximum absolute atomic E-state index is 12.4. The van der Waals surface area contributed by atoms with E-state index >= 15 is 0 Å². The molecule has 3 heteroatoms. The molecule has 1 aliphatic rings. The van der Waals surface area contributed by atoms with E-state index in [0.717, 1.165) is 25.9 Å². The summed E-state index contributed by atoms with van der Waals surface area (Å²) in [4.78, 5) is 14.3. The van der Waals surface area contributed by atoms with Crippen LogP contribution >= 0.6 is 0 Å². The highest BCUT2D eigenvalue weighted by Crippen LogP contribution is 2.28. The number of amides is 1. The zero-order valence-corrected chi connectivity index (χ0v) is 11.7. The van der Waals surface area contributed by atoms with Gasteiger partial charge < -0.3 is 9.32 Å². The Balaban J connectivity index is 1.75. The predicted molar refractivity (Wildman–Crippen MR) is 77.8 cm³/mol. The van der Waals surface area contributed by atoms with Gasteiger partial charge in [0.25, 0.3) is 5.91 Å². The van der Waals surface area contributed by atoms with Crippen molar-refractivity contribution < 1.29 is 9.21 Å². The molecule has 1 amide bonds. The molecule has 3 nitrogen and oxygen atoms in total. The summed E-state index contributed by atoms with van der Waals surface area (Å²) in [5.74, 6) is 0.524. The summed E-state index contributed by atoms with van der Waals surface area (Å²) in [6, 6.07) is 10.3. The van der Waals surface area contributed by atoms with Crippen LogP contribution in [0.4, 0.5) is 0 Å². The topological polar surface area (TPSA) is 33.5 Å². The lowest BCUT2D eigenvalue weighted by atomic mass is 9.89. The van der Waals surface area contributed by atoms with Crippen molar-refractivity contribution in [3.05, 3.63) is 59.5 Å². The fourth-order valence-corrected chi connectivity index (χ4v) is 2.93. The van der Waals surface area contributed by atoms with Crippen molar-refractivity contribution in [1.82, 2.24) is 4.90 Å². The van der Waals surface area contributed by atoms with Gasteiger partial charge in [0.05, 0.1) is 11.8 Å². The van der Waals surface area contributed by atoms with Crippen molar-refractivity contribution >= 4 is 5.91 Å². The number of rotatable bonds is 2. The second-order valence-corrected chi connectivity index (χ2v) is 5.52. The van der Waals surface area contributed by atoms with E-state index in [2.05, 4.69) is 31.2 Å². The fraction of sp³-hybridized carbons (Fsp3) is 0.353. The third-order valence-corrected chi connectivity index (χ3v) is 3.99. The van der Waals surface area contributed by atoms with Crippen LogP contribution in [0.1, 0.15) is 40.2 Å². The molecule has 1 unspecified atom stereocenters. The summed E-state index contributed by atoms with van der Waals surface area (Å²) >= 11 is 0. The first-order valence-electron chi connectivity index (χ1n) is 7.12. The van der Waals surface area contributed by atoms with Crippen molar-refractivity contribution in [3.8, 4) is 0 Å². The quantitative estimate of drug-likeness (QED) is 0.834. The van der Waals surface area contributed by atoms with Crippen LogP contribution in [0.25, 0.3) is 0 Å². The molecule has 20 heavy (non-hydrogen) atoms. The third kappa shape index (κ3) is 2.62. The van der Waals surface area contributed by atoms with Gasteiger partial charge in [-0.2, -0.15) is 0 Å². The lowest BCUT2D eigenvalue weighted by Gasteiger charge is -2.33. The Morgan fingerprint density at radius 1 is 1.35 bits per heavy atom. The van der Waals surface area contributed by atoms with E-state index in [9.17, 15) is 4.79 Å². The van der Waals surface area contributed by atoms with Crippen LogP contribution in [0.2, 0.25) is 0 Å². The molecular formula is C17H19NO2. The fourth-order valence-electron chi connectivity index (χ4n) is 2.93. The van der Waals surface area contributed by atoms with Crippen molar-refractivity contribution in [3.63, 3.8) is 0 Å². The first-order valence-corrected chi connectivity index (χ1v) is 7.12. The van der Waals surface area contributed by atoms with Crippen molar-refractivity contribution in [1.29, 1.82) is 0 Å². The van der Waals surface area contributed by atoms with E-state index in [0.29, 0.717) is 11.5 Å². The summed E-state index contributed by atoms with van der Waals surface area (Å²) in [6.07, 6.45) is 5.29. The molecule has 2 aromatic rings. The number of likely N-dealkylation sites (tertiary alicyclic amines) is 1. The summed E-state index contributed by atoms with van der Waals surface area (Å²) < 4.78 is 5.01. The number of benzene rings is 1. The Morgan fingerprint density at radius 2 is 2.25 bits per heavy atom. The number of furan rings is 1. The van der Waals surface area contributed by atoms with E-state index in [1.54, 1.807) is 12.3 Å². The Morgan fingerprint density at radius 3 is 3.00 bits per heavy atom. The smallest absolute Gasteiger partial charge is 0.257 e. The van der Waals surface area contributed by atoms with E-state index in [-0.39, 0.29) is 5.91 Å². The van der Waals surface area contributed by atoms with Gasteiger partial charge in [0, 0.05) is 19.0 Å². The molecule has 3 rings (SSSR count). The van der Waals surface area contributed by atoms with E-state index in [1.807, 2.05) is 4.90 Å². The van der Waals surface area contributed by atoms with Crippen LogP contribution < -0.4 is 0 Å². The minimum Gasteiger partial charge on any atom is -0.472 e. The zero-order chi connectivity index (χ0) is 13.9. The SMILES string of the molecule is Cc1cccc(C2CCCN(C(=O)c3ccoc3)C2)c1. The molecule has 0 N–H and O–H groups in total. The Hall–Kier alpha value is -2.03. The molecular weight excluding hydrogens is 250 g/mol. The molecule has 0 spiro atoms. The Bertz CT molecular complexity index is 589. The van der Waals surface area contributed by atoms with Gasteiger partial charge in [-0.05, 0) is 31.4 Å². The largest absolute Gasteiger partial charge is 0.472 e. The van der Waals surface area contributed by atoms with Gasteiger partial charge >= 0.3 is 0 Å². The molecule has 1 aliphatic heterocycles. The van der Waals surface area contributed by atoms with Gasteiger partial charge in [0.2, 0.25) is 0 Å². The molecule has 1 aromatic heterocycles. The Kier molecular flexibility index (Phi) is 3.59. The van der Waals surface area contributed by atoms with Crippen LogP contribution in [-0.2, 0) is 0 Å². The van der Waals surface area contributed by atoms with E-state index in [4.69, 9.17) is 4.42 Å². The number of aryl methyl sites for hydroxylation is 1. The highest BCUT2D eigenvalue weighted by Gasteiger charge is 2.25. The molecule has 1 aromatic carbocycles. The van der Waals surface area contributed by atoms with Gasteiger partial charge in [-0.25, -0.2) is 0 Å². The number of carbonyl (C=O) groups is 1. The molecule has 1 fully saturated rings. The van der Waals surface area contributed by atoms with Crippen molar-refractivity contribution in [2.75, 3.05) is 13.1 Å². The summed E-state index contributed by atoms with van der Waals surface area (Å²) in [6.45, 7) is 3.75. The molecule has 2 heterocycles. The minimum absolute atomic E-state index is 0.0797. The normalized spacial score (nSPS) is 19.1. The molecule has 0 radical (unpaired) electrons. The maximum atomic E-state index is 12.4. The van der Waals surface area contributed by atoms with Crippen molar-refractivity contribution in [2.24, 2.45) is 0 Å². The van der Waals surface area contributed by atoms with Gasteiger partial charge in [0.15, 0.2) is 0 Å². The van der Waals surface area contributed by atoms with Crippen LogP contribution in [-0.4, -0.2) is 23.9 Å². The van der Waals surface area contributed by atoms with E-state index in [1.165, 1.54) is 17.4 Å². The summed E-state index contributed by atoms with van der Waals surface area (Å²) in [5.41, 5.74) is 3.27. The van der Waals surface area contributed by atoms with Crippen molar-refractivity contribution in [2.45, 2.75) is 25.7 Å². The molecule has 0 saturated carbocycles. The predicted octanol–water partition coefficient (Wildman–Crippen LogP) is 3.61. The Labute approximate surface area is 119 Å². The lowest BCUT2D eigenvalue weighted by Crippen LogP contribution is -2.38. The van der Waals surface area contributed by atoms with Gasteiger partial charge in [-0.3, -0.25) is 4.79 Å². The average Bonchev–Trinajstić information content (AvgIpc) is 3.01. The monoisotopic (exact) mass is 269 g/mol. The zero-order valence-electron chi connectivity index (χ0n) is 11.7. The summed E-state index contributed by atoms with van der Waals surface area (Å²) in [5, 5.41) is 0. The van der Waals surface area contributed by atoms with Gasteiger partial charge in [-0.1, -0.05) is 29.8 Å². The molecule has 104 valence electrons. The highest BCUT2D eigenvalue weighted by atomic mass is 16.3. The number of nitrogens with zero attached hydrogens (tertiary/aromatic N) is 1. The first-order chi connectivity index (χ1) is 9.74. The molecule has 1 saturated heterocycles. The maximum Gasteiger partial charge on any atom is 0.257 e. The van der Waals surface area contributed by atoms with Crippen LogP contribution in [0.3, 0.4) is 0 Å². The second-order valence-electron chi connectivity index (χ2n) is 5.52. The minimum atomic E-state index is 0.0797. The molecule has 1 atom stereocenters. The standard InChI is InChI=1S/C17H19NO2/c1-13-4-2-5-14(10-13)15-6-3-8-18(11-15)17(19)16-7-9-20-12-16/h2,4-5,7,9-10,12,15H,3,6,8,11H2,1H3. The average molecular weight is 269 g/mol. The van der Waals surface area contributed by atoms with Crippen LogP contribution in [0, 0.1) is 6.92 Å². The van der Waals surface area contributed by atoms with Gasteiger partial charge in [0.1, 0.15) is 6.26 Å².